The molecule has 0 aliphatic carbocycles. The lowest BCUT2D eigenvalue weighted by Gasteiger charge is -2.20. The van der Waals surface area contributed by atoms with Crippen molar-refractivity contribution in [2.45, 2.75) is 71.8 Å². The molecule has 0 aromatic heterocycles. The van der Waals surface area contributed by atoms with Crippen molar-refractivity contribution < 1.29 is 43.2 Å². The Morgan fingerprint density at radius 2 is 1.70 bits per heavy atom. The van der Waals surface area contributed by atoms with Gasteiger partial charge in [-0.3, -0.25) is 9.59 Å². The number of benzene rings is 1. The zero-order valence-electron chi connectivity index (χ0n) is 19.6. The minimum absolute atomic E-state index is 0.0404. The summed E-state index contributed by atoms with van der Waals surface area (Å²) < 4.78 is 21.1. The largest absolute Gasteiger partial charge is 0.550 e. The normalized spacial score (nSPS) is 13.2. The molecular formula is C24H31O9-. The molecule has 1 unspecified atom stereocenters. The second kappa shape index (κ2) is 12.2. The predicted octanol–water partition coefficient (Wildman–Crippen LogP) is 2.41. The number of esters is 3. The van der Waals surface area contributed by atoms with Crippen LogP contribution in [-0.2, 0) is 36.9 Å². The number of aliphatic carboxylic acids is 1. The highest BCUT2D eigenvalue weighted by molar-refractivity contribution is 5.99. The lowest BCUT2D eigenvalue weighted by molar-refractivity contribution is -0.306. The highest BCUT2D eigenvalue weighted by Crippen LogP contribution is 2.43. The molecule has 1 aromatic carbocycles. The number of hydrogen-bond acceptors (Lipinski definition) is 9. The maximum Gasteiger partial charge on any atom is 0.342 e. The first-order valence-corrected chi connectivity index (χ1v) is 11.1. The lowest BCUT2D eigenvalue weighted by Crippen LogP contribution is -2.22. The van der Waals surface area contributed by atoms with Gasteiger partial charge in [-0.1, -0.05) is 6.92 Å². The third kappa shape index (κ3) is 6.94. The number of rotatable bonds is 13. The molecule has 9 heteroatoms. The van der Waals surface area contributed by atoms with E-state index in [1.807, 2.05) is 13.8 Å². The van der Waals surface area contributed by atoms with Gasteiger partial charge in [-0.2, -0.15) is 0 Å². The van der Waals surface area contributed by atoms with Crippen LogP contribution in [0.1, 0.15) is 78.9 Å². The van der Waals surface area contributed by atoms with Crippen molar-refractivity contribution in [2.75, 3.05) is 14.2 Å². The van der Waals surface area contributed by atoms with Crippen LogP contribution >= 0.6 is 0 Å². The van der Waals surface area contributed by atoms with Gasteiger partial charge in [0.25, 0.3) is 0 Å². The molecule has 0 N–H and O–H groups in total. The Morgan fingerprint density at radius 1 is 1.03 bits per heavy atom. The highest BCUT2D eigenvalue weighted by atomic mass is 16.6. The summed E-state index contributed by atoms with van der Waals surface area (Å²) in [5.74, 6) is -1.81. The van der Waals surface area contributed by atoms with Gasteiger partial charge in [0.2, 0.25) is 0 Å². The summed E-state index contributed by atoms with van der Waals surface area (Å²) >= 11 is 0. The van der Waals surface area contributed by atoms with Gasteiger partial charge in [-0.15, -0.1) is 0 Å². The second-order valence-electron chi connectivity index (χ2n) is 8.21. The third-order valence-corrected chi connectivity index (χ3v) is 5.81. The van der Waals surface area contributed by atoms with E-state index in [1.54, 1.807) is 0 Å². The van der Waals surface area contributed by atoms with Crippen molar-refractivity contribution in [1.29, 1.82) is 0 Å². The standard InChI is InChI=1S/C24H32O9/c1-14(10-12-18(25)26)9-11-16-22(31-4)15(2)17-13-32-24(29)21(17)23(16)33-20(28)8-6-5-7-19(27)30-3/h14H,5-13H2,1-4H3,(H,25,26)/p-1. The summed E-state index contributed by atoms with van der Waals surface area (Å²) in [4.78, 5) is 47.0. The van der Waals surface area contributed by atoms with E-state index >= 15 is 0 Å². The number of unbranched alkanes of at least 4 members (excludes halogenated alkanes) is 1. The van der Waals surface area contributed by atoms with Crippen molar-refractivity contribution >= 4 is 23.9 Å². The van der Waals surface area contributed by atoms with E-state index in [4.69, 9.17) is 14.2 Å². The Balaban J connectivity index is 2.26. The number of ether oxygens (including phenoxy) is 4. The van der Waals surface area contributed by atoms with Crippen LogP contribution in [0.5, 0.6) is 11.5 Å². The summed E-state index contributed by atoms with van der Waals surface area (Å²) in [6.45, 7) is 3.82. The van der Waals surface area contributed by atoms with E-state index in [1.165, 1.54) is 14.2 Å². The second-order valence-corrected chi connectivity index (χ2v) is 8.21. The highest BCUT2D eigenvalue weighted by Gasteiger charge is 2.34. The van der Waals surface area contributed by atoms with E-state index in [0.717, 1.165) is 5.56 Å². The molecule has 1 aliphatic heterocycles. The molecule has 9 nitrogen and oxygen atoms in total. The van der Waals surface area contributed by atoms with Crippen LogP contribution in [-0.4, -0.2) is 38.1 Å². The number of fused-ring (bicyclic) bond motifs is 1. The number of methoxy groups -OCH3 is 2. The molecule has 1 aromatic rings. The maximum atomic E-state index is 12.6. The third-order valence-electron chi connectivity index (χ3n) is 5.81. The van der Waals surface area contributed by atoms with Crippen molar-refractivity contribution in [3.05, 3.63) is 22.3 Å². The first-order chi connectivity index (χ1) is 15.7. The van der Waals surface area contributed by atoms with Crippen molar-refractivity contribution in [3.63, 3.8) is 0 Å². The topological polar surface area (TPSA) is 128 Å². The quantitative estimate of drug-likeness (QED) is 0.246. The van der Waals surface area contributed by atoms with Gasteiger partial charge >= 0.3 is 17.9 Å². The zero-order valence-corrected chi connectivity index (χ0v) is 19.6. The summed E-state index contributed by atoms with van der Waals surface area (Å²) in [7, 11) is 2.82. The average molecular weight is 464 g/mol. The summed E-state index contributed by atoms with van der Waals surface area (Å²) in [6.07, 6.45) is 2.61. The van der Waals surface area contributed by atoms with E-state index in [2.05, 4.69) is 4.74 Å². The fraction of sp³-hybridized carbons (Fsp3) is 0.583. The predicted molar refractivity (Wildman–Crippen MR) is 115 cm³/mol. The molecule has 1 heterocycles. The Hall–Kier alpha value is -3.10. The first kappa shape index (κ1) is 26.2. The molecular weight excluding hydrogens is 432 g/mol. The van der Waals surface area contributed by atoms with Crippen LogP contribution in [0.25, 0.3) is 0 Å². The van der Waals surface area contributed by atoms with Crippen molar-refractivity contribution in [1.82, 2.24) is 0 Å². The van der Waals surface area contributed by atoms with Gasteiger partial charge in [0.15, 0.2) is 5.75 Å². The summed E-state index contributed by atoms with van der Waals surface area (Å²) in [5.41, 5.74) is 2.18. The Kier molecular flexibility index (Phi) is 9.69. The molecule has 2 rings (SSSR count). The summed E-state index contributed by atoms with van der Waals surface area (Å²) in [5, 5.41) is 10.8. The van der Waals surface area contributed by atoms with Gasteiger partial charge in [0.1, 0.15) is 17.9 Å². The molecule has 0 fully saturated rings. The van der Waals surface area contributed by atoms with Crippen molar-refractivity contribution in [3.8, 4) is 11.5 Å². The minimum Gasteiger partial charge on any atom is -0.550 e. The molecule has 0 saturated heterocycles. The fourth-order valence-corrected chi connectivity index (χ4v) is 3.87. The Bertz CT molecular complexity index is 904. The van der Waals surface area contributed by atoms with E-state index in [9.17, 15) is 24.3 Å². The van der Waals surface area contributed by atoms with Crippen LogP contribution in [0.2, 0.25) is 0 Å². The van der Waals surface area contributed by atoms with E-state index in [0.29, 0.717) is 49.0 Å². The SMILES string of the molecule is COC(=O)CCCCC(=O)Oc1c(CCC(C)CCC(=O)[O-])c(OC)c(C)c2c1C(=O)OC2. The molecule has 0 bridgehead atoms. The minimum atomic E-state index is -1.10. The zero-order chi connectivity index (χ0) is 24.5. The van der Waals surface area contributed by atoms with Crippen molar-refractivity contribution in [2.24, 2.45) is 5.92 Å². The monoisotopic (exact) mass is 463 g/mol. The van der Waals surface area contributed by atoms with Gasteiger partial charge in [0, 0.05) is 29.9 Å². The number of carbonyl (C=O) groups is 4. The number of hydrogen-bond donors (Lipinski definition) is 0. The van der Waals surface area contributed by atoms with Gasteiger partial charge in [0.05, 0.1) is 14.2 Å². The van der Waals surface area contributed by atoms with Gasteiger partial charge in [-0.25, -0.2) is 4.79 Å². The number of cyclic esters (lactones) is 1. The van der Waals surface area contributed by atoms with E-state index in [-0.39, 0.29) is 49.1 Å². The molecule has 0 spiro atoms. The fourth-order valence-electron chi connectivity index (χ4n) is 3.87. The molecule has 33 heavy (non-hydrogen) atoms. The Morgan fingerprint density at radius 3 is 2.30 bits per heavy atom. The number of carboxylic acid groups (broad SMARTS) is 1. The van der Waals surface area contributed by atoms with E-state index < -0.39 is 17.9 Å². The van der Waals surface area contributed by atoms with Crippen LogP contribution in [0, 0.1) is 12.8 Å². The summed E-state index contributed by atoms with van der Waals surface area (Å²) in [6, 6.07) is 0. The number of carboxylic acids is 1. The Labute approximate surface area is 193 Å². The van der Waals surface area contributed by atoms with Crippen LogP contribution in [0.3, 0.4) is 0 Å². The van der Waals surface area contributed by atoms with Crippen LogP contribution in [0.15, 0.2) is 0 Å². The molecule has 0 amide bonds. The molecule has 182 valence electrons. The maximum absolute atomic E-state index is 12.6. The lowest BCUT2D eigenvalue weighted by atomic mass is 9.91. The molecule has 0 saturated carbocycles. The average Bonchev–Trinajstić information content (AvgIpc) is 3.17. The van der Waals surface area contributed by atoms with Gasteiger partial charge in [-0.05, 0) is 56.9 Å². The molecule has 1 atom stereocenters. The van der Waals surface area contributed by atoms with Crippen LogP contribution in [0.4, 0.5) is 0 Å². The molecule has 0 radical (unpaired) electrons. The van der Waals surface area contributed by atoms with Gasteiger partial charge < -0.3 is 28.8 Å². The smallest absolute Gasteiger partial charge is 0.342 e. The first-order valence-electron chi connectivity index (χ1n) is 11.1. The molecule has 1 aliphatic rings. The van der Waals surface area contributed by atoms with Crippen LogP contribution < -0.4 is 14.6 Å². The number of carbonyl (C=O) groups excluding carboxylic acids is 4.